The molecule has 7 nitrogen and oxygen atoms in total. The fourth-order valence-corrected chi connectivity index (χ4v) is 2.51. The summed E-state index contributed by atoms with van der Waals surface area (Å²) in [6.07, 6.45) is 2.64. The molecule has 7 heteroatoms. The van der Waals surface area contributed by atoms with Gasteiger partial charge in [-0.1, -0.05) is 6.07 Å². The Morgan fingerprint density at radius 1 is 1.39 bits per heavy atom. The first-order chi connectivity index (χ1) is 11.1. The summed E-state index contributed by atoms with van der Waals surface area (Å²) < 4.78 is 10.8. The molecule has 1 aromatic heterocycles. The van der Waals surface area contributed by atoms with Gasteiger partial charge in [-0.15, -0.1) is 0 Å². The first-order valence-corrected chi connectivity index (χ1v) is 7.26. The van der Waals surface area contributed by atoms with E-state index in [1.807, 2.05) is 0 Å². The molecule has 0 spiro atoms. The second kappa shape index (κ2) is 6.21. The van der Waals surface area contributed by atoms with Crippen molar-refractivity contribution in [3.8, 4) is 0 Å². The highest BCUT2D eigenvalue weighted by molar-refractivity contribution is 6.04. The maximum Gasteiger partial charge on any atom is 0.335 e. The predicted octanol–water partition coefficient (Wildman–Crippen LogP) is 2.79. The number of carbonyl (C=O) groups excluding carboxylic acids is 1. The van der Waals surface area contributed by atoms with Crippen LogP contribution in [0.5, 0.6) is 0 Å². The van der Waals surface area contributed by atoms with E-state index < -0.39 is 11.9 Å². The molecule has 23 heavy (non-hydrogen) atoms. The van der Waals surface area contributed by atoms with E-state index >= 15 is 0 Å². The number of oxazole rings is 1. The maximum absolute atomic E-state index is 12.4. The standard InChI is InChI=1S/C16H16N2O5/c1-9-4-5-10(16(20)21)7-11(9)18-15(19)13-14(23-8-17-13)12-3-2-6-22-12/h4-5,7-8,12H,2-3,6H2,1H3,(H,18,19)(H,20,21). The van der Waals surface area contributed by atoms with Crippen LogP contribution < -0.4 is 5.32 Å². The molecule has 3 rings (SSSR count). The monoisotopic (exact) mass is 316 g/mol. The molecule has 1 aliphatic heterocycles. The number of aromatic carboxylic acids is 1. The number of carboxylic acids is 1. The largest absolute Gasteiger partial charge is 0.478 e. The molecule has 1 fully saturated rings. The number of amides is 1. The SMILES string of the molecule is Cc1ccc(C(=O)O)cc1NC(=O)c1ncoc1C1CCCO1. The molecule has 1 amide bonds. The lowest BCUT2D eigenvalue weighted by Crippen LogP contribution is -2.16. The van der Waals surface area contributed by atoms with E-state index in [2.05, 4.69) is 10.3 Å². The van der Waals surface area contributed by atoms with Gasteiger partial charge in [-0.25, -0.2) is 9.78 Å². The minimum Gasteiger partial charge on any atom is -0.478 e. The number of hydrogen-bond acceptors (Lipinski definition) is 5. The van der Waals surface area contributed by atoms with Crippen molar-refractivity contribution in [3.05, 3.63) is 47.2 Å². The van der Waals surface area contributed by atoms with Crippen LogP contribution in [0.4, 0.5) is 5.69 Å². The predicted molar refractivity (Wildman–Crippen MR) is 80.5 cm³/mol. The normalized spacial score (nSPS) is 17.2. The van der Waals surface area contributed by atoms with E-state index in [1.54, 1.807) is 13.0 Å². The zero-order valence-electron chi connectivity index (χ0n) is 12.5. The van der Waals surface area contributed by atoms with Crippen molar-refractivity contribution in [2.45, 2.75) is 25.9 Å². The molecule has 2 heterocycles. The second-order valence-corrected chi connectivity index (χ2v) is 5.36. The summed E-state index contributed by atoms with van der Waals surface area (Å²) >= 11 is 0. The van der Waals surface area contributed by atoms with Gasteiger partial charge in [0.2, 0.25) is 0 Å². The lowest BCUT2D eigenvalue weighted by atomic mass is 10.1. The summed E-state index contributed by atoms with van der Waals surface area (Å²) in [5, 5.41) is 11.7. The van der Waals surface area contributed by atoms with Crippen LogP contribution >= 0.6 is 0 Å². The highest BCUT2D eigenvalue weighted by atomic mass is 16.5. The number of rotatable bonds is 4. The van der Waals surface area contributed by atoms with Gasteiger partial charge in [0, 0.05) is 12.3 Å². The number of aryl methyl sites for hydroxylation is 1. The van der Waals surface area contributed by atoms with Crippen molar-refractivity contribution < 1.29 is 23.8 Å². The lowest BCUT2D eigenvalue weighted by Gasteiger charge is -2.10. The van der Waals surface area contributed by atoms with E-state index in [1.165, 1.54) is 18.5 Å². The van der Waals surface area contributed by atoms with Crippen LogP contribution in [0.15, 0.2) is 29.0 Å². The minimum atomic E-state index is -1.05. The van der Waals surface area contributed by atoms with Crippen molar-refractivity contribution in [1.29, 1.82) is 0 Å². The summed E-state index contributed by atoms with van der Waals surface area (Å²) in [6.45, 7) is 2.41. The highest BCUT2D eigenvalue weighted by Gasteiger charge is 2.28. The Morgan fingerprint density at radius 2 is 2.22 bits per heavy atom. The quantitative estimate of drug-likeness (QED) is 0.899. The van der Waals surface area contributed by atoms with Gasteiger partial charge in [0.05, 0.1) is 5.56 Å². The van der Waals surface area contributed by atoms with Crippen LogP contribution in [0.1, 0.15) is 51.1 Å². The molecule has 1 unspecified atom stereocenters. The van der Waals surface area contributed by atoms with Gasteiger partial charge in [0.25, 0.3) is 5.91 Å². The number of carbonyl (C=O) groups is 2. The van der Waals surface area contributed by atoms with Crippen molar-refractivity contribution in [2.75, 3.05) is 11.9 Å². The molecule has 2 aromatic rings. The number of aromatic nitrogens is 1. The third-order valence-electron chi connectivity index (χ3n) is 3.76. The molecule has 0 aliphatic carbocycles. The number of ether oxygens (including phenoxy) is 1. The van der Waals surface area contributed by atoms with Gasteiger partial charge < -0.3 is 19.6 Å². The molecule has 0 radical (unpaired) electrons. The van der Waals surface area contributed by atoms with Gasteiger partial charge in [0.15, 0.2) is 17.8 Å². The molecule has 1 atom stereocenters. The summed E-state index contributed by atoms with van der Waals surface area (Å²) in [5.41, 5.74) is 1.45. The van der Waals surface area contributed by atoms with Crippen molar-refractivity contribution in [3.63, 3.8) is 0 Å². The second-order valence-electron chi connectivity index (χ2n) is 5.36. The van der Waals surface area contributed by atoms with Gasteiger partial charge in [-0.3, -0.25) is 4.79 Å². The molecule has 0 saturated carbocycles. The number of carboxylic acid groups (broad SMARTS) is 1. The lowest BCUT2D eigenvalue weighted by molar-refractivity contribution is 0.0696. The van der Waals surface area contributed by atoms with Crippen LogP contribution in [-0.2, 0) is 4.74 Å². The van der Waals surface area contributed by atoms with Crippen LogP contribution in [0.25, 0.3) is 0 Å². The highest BCUT2D eigenvalue weighted by Crippen LogP contribution is 2.31. The van der Waals surface area contributed by atoms with Crippen molar-refractivity contribution in [1.82, 2.24) is 4.98 Å². The van der Waals surface area contributed by atoms with Gasteiger partial charge in [0.1, 0.15) is 6.10 Å². The first kappa shape index (κ1) is 15.2. The zero-order valence-corrected chi connectivity index (χ0v) is 12.5. The topological polar surface area (TPSA) is 102 Å². The molecule has 2 N–H and O–H groups in total. The molecule has 1 aliphatic rings. The third kappa shape index (κ3) is 3.09. The molecular formula is C16H16N2O5. The Morgan fingerprint density at radius 3 is 2.91 bits per heavy atom. The Labute approximate surface area is 132 Å². The average molecular weight is 316 g/mol. The smallest absolute Gasteiger partial charge is 0.335 e. The van der Waals surface area contributed by atoms with Gasteiger partial charge >= 0.3 is 5.97 Å². The minimum absolute atomic E-state index is 0.102. The Kier molecular flexibility index (Phi) is 4.12. The Hall–Kier alpha value is -2.67. The summed E-state index contributed by atoms with van der Waals surface area (Å²) in [4.78, 5) is 27.5. The molecule has 0 bridgehead atoms. The van der Waals surface area contributed by atoms with E-state index in [9.17, 15) is 9.59 Å². The fraction of sp³-hybridized carbons (Fsp3) is 0.312. The molecule has 1 aromatic carbocycles. The Balaban J connectivity index is 1.84. The maximum atomic E-state index is 12.4. The van der Waals surface area contributed by atoms with Crippen LogP contribution in [-0.4, -0.2) is 28.6 Å². The molecule has 120 valence electrons. The van der Waals surface area contributed by atoms with E-state index in [0.29, 0.717) is 18.1 Å². The summed E-state index contributed by atoms with van der Waals surface area (Å²) in [7, 11) is 0. The number of nitrogens with zero attached hydrogens (tertiary/aromatic N) is 1. The Bertz CT molecular complexity index is 747. The van der Waals surface area contributed by atoms with Crippen LogP contribution in [0.3, 0.4) is 0 Å². The summed E-state index contributed by atoms with van der Waals surface area (Å²) in [5.74, 6) is -1.09. The number of nitrogens with one attached hydrogen (secondary N) is 1. The van der Waals surface area contributed by atoms with Crippen LogP contribution in [0.2, 0.25) is 0 Å². The first-order valence-electron chi connectivity index (χ1n) is 7.26. The van der Waals surface area contributed by atoms with Crippen molar-refractivity contribution >= 4 is 17.6 Å². The molecule has 1 saturated heterocycles. The number of anilines is 1. The summed E-state index contributed by atoms with van der Waals surface area (Å²) in [6, 6.07) is 4.55. The van der Waals surface area contributed by atoms with Gasteiger partial charge in [-0.2, -0.15) is 0 Å². The van der Waals surface area contributed by atoms with Crippen molar-refractivity contribution in [2.24, 2.45) is 0 Å². The molecular weight excluding hydrogens is 300 g/mol. The fourth-order valence-electron chi connectivity index (χ4n) is 2.51. The van der Waals surface area contributed by atoms with Crippen LogP contribution in [0, 0.1) is 6.92 Å². The van der Waals surface area contributed by atoms with E-state index in [4.69, 9.17) is 14.3 Å². The number of benzene rings is 1. The zero-order chi connectivity index (χ0) is 16.4. The number of hydrogen-bond donors (Lipinski definition) is 2. The third-order valence-corrected chi connectivity index (χ3v) is 3.76. The van der Waals surface area contributed by atoms with E-state index in [-0.39, 0.29) is 17.4 Å². The van der Waals surface area contributed by atoms with E-state index in [0.717, 1.165) is 18.4 Å². The van der Waals surface area contributed by atoms with Gasteiger partial charge in [-0.05, 0) is 37.5 Å². The average Bonchev–Trinajstić information content (AvgIpc) is 3.19.